The van der Waals surface area contributed by atoms with Crippen LogP contribution < -0.4 is 5.32 Å². The lowest BCUT2D eigenvalue weighted by Gasteiger charge is -2.22. The maximum Gasteiger partial charge on any atom is 0.243 e. The monoisotopic (exact) mass is 587 g/mol. The molecule has 0 saturated heterocycles. The van der Waals surface area contributed by atoms with Crippen LogP contribution in [-0.4, -0.2) is 22.5 Å². The molecule has 0 spiro atoms. The Morgan fingerprint density at radius 3 is 2.15 bits per heavy atom. The quantitative estimate of drug-likeness (QED) is 0.338. The van der Waals surface area contributed by atoms with E-state index in [1.54, 1.807) is 24.3 Å². The number of nitrogens with zero attached hydrogens (tertiary/aromatic N) is 2. The minimum atomic E-state index is -0.234. The molecule has 1 heterocycles. The van der Waals surface area contributed by atoms with Crippen LogP contribution >= 0.6 is 43.5 Å². The van der Waals surface area contributed by atoms with E-state index < -0.39 is 0 Å². The number of rotatable bonds is 6. The molecule has 0 radical (unpaired) electrons. The predicted octanol–water partition coefficient (Wildman–Crippen LogP) is 6.96. The number of hydrogen-bond acceptors (Lipinski definition) is 3. The first-order valence-corrected chi connectivity index (χ1v) is 12.3. The fourth-order valence-electron chi connectivity index (χ4n) is 3.59. The van der Waals surface area contributed by atoms with Gasteiger partial charge in [0.05, 0.1) is 11.8 Å². The third-order valence-corrected chi connectivity index (χ3v) is 6.60. The van der Waals surface area contributed by atoms with Gasteiger partial charge in [-0.1, -0.05) is 67.7 Å². The van der Waals surface area contributed by atoms with Crippen LogP contribution in [0.5, 0.6) is 0 Å². The van der Waals surface area contributed by atoms with Crippen molar-refractivity contribution in [1.82, 2.24) is 5.01 Å². The number of amides is 2. The first-order valence-electron chi connectivity index (χ1n) is 10.4. The first kappa shape index (κ1) is 23.7. The molecular formula is C25H20Br2ClN3O2. The fourth-order valence-corrected chi connectivity index (χ4v) is 4.25. The Labute approximate surface area is 214 Å². The standard InChI is InChI=1S/C25H20Br2ClN3O2/c26-18-5-1-16(2-6-18)22-15-23(17-3-7-19(27)8-4-17)31(30-22)25(33)14-13-24(32)29-21-11-9-20(28)10-12-21/h1-12,23H,13-15H2,(H,29,32)/t23-/m1/s1. The average molecular weight is 590 g/mol. The van der Waals surface area contributed by atoms with Crippen LogP contribution in [0.4, 0.5) is 5.69 Å². The lowest BCUT2D eigenvalue weighted by Crippen LogP contribution is -2.28. The molecule has 0 unspecified atom stereocenters. The summed E-state index contributed by atoms with van der Waals surface area (Å²) in [6.07, 6.45) is 0.726. The molecule has 0 aliphatic carbocycles. The topological polar surface area (TPSA) is 61.8 Å². The SMILES string of the molecule is O=C(CCC(=O)N1N=C(c2ccc(Br)cc2)C[C@@H]1c1ccc(Br)cc1)Nc1ccc(Cl)cc1. The molecule has 33 heavy (non-hydrogen) atoms. The van der Waals surface area contributed by atoms with Gasteiger partial charge in [-0.3, -0.25) is 9.59 Å². The third kappa shape index (κ3) is 6.10. The highest BCUT2D eigenvalue weighted by Crippen LogP contribution is 2.34. The van der Waals surface area contributed by atoms with E-state index in [1.165, 1.54) is 5.01 Å². The normalized spacial score (nSPS) is 15.3. The first-order chi connectivity index (χ1) is 15.9. The van der Waals surface area contributed by atoms with Gasteiger partial charge in [-0.25, -0.2) is 5.01 Å². The Bertz CT molecular complexity index is 1180. The highest BCUT2D eigenvalue weighted by molar-refractivity contribution is 9.10. The van der Waals surface area contributed by atoms with Crippen molar-refractivity contribution >= 4 is 66.7 Å². The van der Waals surface area contributed by atoms with Crippen molar-refractivity contribution < 1.29 is 9.59 Å². The number of benzene rings is 3. The summed E-state index contributed by atoms with van der Waals surface area (Å²) < 4.78 is 1.95. The second kappa shape index (κ2) is 10.6. The summed E-state index contributed by atoms with van der Waals surface area (Å²) in [6, 6.07) is 22.4. The van der Waals surface area contributed by atoms with E-state index in [2.05, 4.69) is 42.3 Å². The maximum absolute atomic E-state index is 13.1. The highest BCUT2D eigenvalue weighted by atomic mass is 79.9. The number of carbonyl (C=O) groups is 2. The van der Waals surface area contributed by atoms with Crippen molar-refractivity contribution in [2.45, 2.75) is 25.3 Å². The summed E-state index contributed by atoms with van der Waals surface area (Å²) in [7, 11) is 0. The van der Waals surface area contributed by atoms with Crippen molar-refractivity contribution in [3.05, 3.63) is 97.9 Å². The summed E-state index contributed by atoms with van der Waals surface area (Å²) in [5.74, 6) is -0.427. The van der Waals surface area contributed by atoms with Crippen LogP contribution in [-0.2, 0) is 9.59 Å². The molecular weight excluding hydrogens is 570 g/mol. The van der Waals surface area contributed by atoms with Gasteiger partial charge >= 0.3 is 0 Å². The number of hydrogen-bond donors (Lipinski definition) is 1. The summed E-state index contributed by atoms with van der Waals surface area (Å²) in [5, 5.41) is 9.57. The third-order valence-electron chi connectivity index (χ3n) is 5.29. The van der Waals surface area contributed by atoms with Gasteiger partial charge in [0, 0.05) is 38.9 Å². The van der Waals surface area contributed by atoms with Crippen LogP contribution in [0.1, 0.15) is 36.4 Å². The number of halogens is 3. The van der Waals surface area contributed by atoms with E-state index in [-0.39, 0.29) is 30.7 Å². The van der Waals surface area contributed by atoms with Crippen molar-refractivity contribution in [2.75, 3.05) is 5.32 Å². The maximum atomic E-state index is 13.1. The molecule has 8 heteroatoms. The summed E-state index contributed by atoms with van der Waals surface area (Å²) in [6.45, 7) is 0. The van der Waals surface area contributed by atoms with Gasteiger partial charge < -0.3 is 5.32 Å². The van der Waals surface area contributed by atoms with Gasteiger partial charge in [0.1, 0.15) is 0 Å². The molecule has 0 fully saturated rings. The van der Waals surface area contributed by atoms with Crippen LogP contribution in [0.3, 0.4) is 0 Å². The number of anilines is 1. The van der Waals surface area contributed by atoms with Crippen LogP contribution in [0.25, 0.3) is 0 Å². The van der Waals surface area contributed by atoms with Crippen molar-refractivity contribution in [3.63, 3.8) is 0 Å². The molecule has 2 amide bonds. The fraction of sp³-hybridized carbons (Fsp3) is 0.160. The molecule has 168 valence electrons. The van der Waals surface area contributed by atoms with Crippen LogP contribution in [0.15, 0.2) is 86.8 Å². The molecule has 0 aromatic heterocycles. The van der Waals surface area contributed by atoms with Crippen LogP contribution in [0.2, 0.25) is 5.02 Å². The van der Waals surface area contributed by atoms with Gasteiger partial charge in [0.2, 0.25) is 11.8 Å². The Balaban J connectivity index is 1.48. The molecule has 3 aromatic carbocycles. The van der Waals surface area contributed by atoms with Gasteiger partial charge in [-0.05, 0) is 59.7 Å². The molecule has 5 nitrogen and oxygen atoms in total. The van der Waals surface area contributed by atoms with E-state index in [4.69, 9.17) is 11.6 Å². The largest absolute Gasteiger partial charge is 0.326 e. The molecule has 1 atom stereocenters. The zero-order valence-electron chi connectivity index (χ0n) is 17.5. The molecule has 0 bridgehead atoms. The molecule has 1 N–H and O–H groups in total. The van der Waals surface area contributed by atoms with Crippen molar-refractivity contribution in [2.24, 2.45) is 5.10 Å². The predicted molar refractivity (Wildman–Crippen MR) is 138 cm³/mol. The second-order valence-corrected chi connectivity index (χ2v) is 9.89. The van der Waals surface area contributed by atoms with Crippen molar-refractivity contribution in [3.8, 4) is 0 Å². The average Bonchev–Trinajstić information content (AvgIpc) is 3.25. The van der Waals surface area contributed by atoms with Gasteiger partial charge in [0.15, 0.2) is 0 Å². The smallest absolute Gasteiger partial charge is 0.243 e. The Hall–Kier alpha value is -2.48. The Morgan fingerprint density at radius 2 is 1.52 bits per heavy atom. The van der Waals surface area contributed by atoms with E-state index >= 15 is 0 Å². The molecule has 4 rings (SSSR count). The number of carbonyl (C=O) groups excluding carboxylic acids is 2. The number of nitrogens with one attached hydrogen (secondary N) is 1. The van der Waals surface area contributed by atoms with E-state index in [1.807, 2.05) is 48.5 Å². The Morgan fingerprint density at radius 1 is 0.909 bits per heavy atom. The van der Waals surface area contributed by atoms with Crippen LogP contribution in [0, 0.1) is 0 Å². The molecule has 1 aliphatic heterocycles. The Kier molecular flexibility index (Phi) is 7.63. The minimum Gasteiger partial charge on any atom is -0.326 e. The van der Waals surface area contributed by atoms with E-state index in [0.29, 0.717) is 17.1 Å². The molecule has 1 aliphatic rings. The van der Waals surface area contributed by atoms with Crippen molar-refractivity contribution in [1.29, 1.82) is 0 Å². The number of hydrazone groups is 1. The highest BCUT2D eigenvalue weighted by Gasteiger charge is 2.33. The van der Waals surface area contributed by atoms with Gasteiger partial charge in [-0.15, -0.1) is 0 Å². The minimum absolute atomic E-state index is 0.0591. The van der Waals surface area contributed by atoms with Gasteiger partial charge in [0.25, 0.3) is 0 Å². The summed E-state index contributed by atoms with van der Waals surface area (Å²) >= 11 is 12.8. The lowest BCUT2D eigenvalue weighted by molar-refractivity contribution is -0.134. The zero-order chi connectivity index (χ0) is 23.4. The zero-order valence-corrected chi connectivity index (χ0v) is 21.4. The van der Waals surface area contributed by atoms with Gasteiger partial charge in [-0.2, -0.15) is 5.10 Å². The summed E-state index contributed by atoms with van der Waals surface area (Å²) in [5.41, 5.74) is 3.44. The lowest BCUT2D eigenvalue weighted by atomic mass is 9.98. The van der Waals surface area contributed by atoms with E-state index in [9.17, 15) is 9.59 Å². The van der Waals surface area contributed by atoms with E-state index in [0.717, 1.165) is 25.8 Å². The molecule has 3 aromatic rings. The second-order valence-electron chi connectivity index (χ2n) is 7.62. The molecule has 0 saturated carbocycles. The summed E-state index contributed by atoms with van der Waals surface area (Å²) in [4.78, 5) is 25.5.